The van der Waals surface area contributed by atoms with Crippen molar-refractivity contribution in [3.8, 4) is 21.8 Å². The third-order valence-electron chi connectivity index (χ3n) is 4.26. The number of benzene rings is 1. The van der Waals surface area contributed by atoms with E-state index in [0.717, 1.165) is 41.1 Å². The normalized spacial score (nSPS) is 11.2. The van der Waals surface area contributed by atoms with Crippen LogP contribution in [0.4, 0.5) is 5.95 Å². The molecule has 0 aliphatic carbocycles. The second-order valence-electron chi connectivity index (χ2n) is 6.02. The molecular weight excluding hydrogens is 346 g/mol. The summed E-state index contributed by atoms with van der Waals surface area (Å²) in [6, 6.07) is 12.8. The summed E-state index contributed by atoms with van der Waals surface area (Å²) in [5.41, 5.74) is 10.4. The Labute approximate surface area is 155 Å². The minimum Gasteiger partial charge on any atom is -0.368 e. The van der Waals surface area contributed by atoms with Crippen LogP contribution in [-0.2, 0) is 6.42 Å². The van der Waals surface area contributed by atoms with Crippen molar-refractivity contribution in [2.24, 2.45) is 0 Å². The topological polar surface area (TPSA) is 51.8 Å². The molecule has 0 bridgehead atoms. The summed E-state index contributed by atoms with van der Waals surface area (Å²) in [4.78, 5) is 10.4. The fourth-order valence-corrected chi connectivity index (χ4v) is 4.75. The highest BCUT2D eigenvalue weighted by molar-refractivity contribution is 7.22. The number of hydrogen-bond acceptors (Lipinski definition) is 5. The van der Waals surface area contributed by atoms with Gasteiger partial charge in [0, 0.05) is 21.2 Å². The van der Waals surface area contributed by atoms with Gasteiger partial charge in [-0.05, 0) is 41.8 Å². The molecule has 0 aliphatic heterocycles. The Morgan fingerprint density at radius 1 is 1.08 bits per heavy atom. The van der Waals surface area contributed by atoms with Crippen LogP contribution in [0.1, 0.15) is 25.3 Å². The van der Waals surface area contributed by atoms with Gasteiger partial charge in [0.05, 0.1) is 16.3 Å². The molecule has 4 rings (SSSR count). The molecule has 0 radical (unpaired) electrons. The molecule has 3 heterocycles. The molecule has 4 aromatic rings. The Balaban J connectivity index is 1.93. The van der Waals surface area contributed by atoms with E-state index in [4.69, 9.17) is 5.73 Å². The molecule has 0 atom stereocenters. The molecule has 0 saturated carbocycles. The first-order valence-corrected chi connectivity index (χ1v) is 10.2. The van der Waals surface area contributed by atoms with Crippen molar-refractivity contribution in [1.29, 1.82) is 0 Å². The lowest BCUT2D eigenvalue weighted by Gasteiger charge is -2.12. The first-order valence-electron chi connectivity index (χ1n) is 8.44. The van der Waals surface area contributed by atoms with E-state index in [1.165, 1.54) is 15.6 Å². The smallest absolute Gasteiger partial charge is 0.221 e. The first kappa shape index (κ1) is 16.2. The molecule has 3 nitrogen and oxygen atoms in total. The van der Waals surface area contributed by atoms with E-state index in [0.29, 0.717) is 5.95 Å². The fraction of sp³-hybridized carbons (Fsp3) is 0.200. The summed E-state index contributed by atoms with van der Waals surface area (Å²) in [6.45, 7) is 2.21. The van der Waals surface area contributed by atoms with Crippen molar-refractivity contribution in [2.45, 2.75) is 26.2 Å². The summed E-state index contributed by atoms with van der Waals surface area (Å²) < 4.78 is 1.27. The molecule has 0 fully saturated rings. The van der Waals surface area contributed by atoms with Crippen molar-refractivity contribution in [3.63, 3.8) is 0 Å². The number of hydrogen-bond donors (Lipinski definition) is 1. The van der Waals surface area contributed by atoms with Crippen LogP contribution in [0.15, 0.2) is 47.2 Å². The van der Waals surface area contributed by atoms with Crippen molar-refractivity contribution < 1.29 is 0 Å². The molecule has 126 valence electrons. The SMILES string of the molecule is CCCCc1c(-c2ccsc2)nc(N)nc1-c1cc2ccccc2s1. The van der Waals surface area contributed by atoms with Gasteiger partial charge < -0.3 is 5.73 Å². The van der Waals surface area contributed by atoms with Gasteiger partial charge >= 0.3 is 0 Å². The second kappa shape index (κ2) is 6.94. The molecule has 0 aliphatic rings. The molecule has 5 heteroatoms. The number of rotatable bonds is 5. The lowest BCUT2D eigenvalue weighted by molar-refractivity contribution is 0.792. The number of aromatic nitrogens is 2. The Hall–Kier alpha value is -2.24. The maximum absolute atomic E-state index is 6.08. The fourth-order valence-electron chi connectivity index (χ4n) is 3.03. The van der Waals surface area contributed by atoms with Crippen LogP contribution in [-0.4, -0.2) is 9.97 Å². The maximum Gasteiger partial charge on any atom is 0.221 e. The zero-order valence-corrected chi connectivity index (χ0v) is 15.7. The third-order valence-corrected chi connectivity index (χ3v) is 6.06. The van der Waals surface area contributed by atoms with Crippen molar-refractivity contribution >= 4 is 38.7 Å². The van der Waals surface area contributed by atoms with Gasteiger partial charge in [0.25, 0.3) is 0 Å². The summed E-state index contributed by atoms with van der Waals surface area (Å²) in [6.07, 6.45) is 3.22. The first-order chi connectivity index (χ1) is 12.3. The second-order valence-corrected chi connectivity index (χ2v) is 7.89. The van der Waals surface area contributed by atoms with Crippen LogP contribution in [0.3, 0.4) is 0 Å². The van der Waals surface area contributed by atoms with Crippen LogP contribution in [0.2, 0.25) is 0 Å². The van der Waals surface area contributed by atoms with E-state index in [1.54, 1.807) is 22.7 Å². The number of unbranched alkanes of at least 4 members (excludes halogenated alkanes) is 1. The third kappa shape index (κ3) is 3.17. The van der Waals surface area contributed by atoms with Crippen molar-refractivity contribution in [2.75, 3.05) is 5.73 Å². The molecule has 0 spiro atoms. The minimum absolute atomic E-state index is 0.342. The lowest BCUT2D eigenvalue weighted by Crippen LogP contribution is -2.04. The average molecular weight is 366 g/mol. The van der Waals surface area contributed by atoms with Crippen LogP contribution in [0, 0.1) is 0 Å². The number of nitrogens with zero attached hydrogens (tertiary/aromatic N) is 2. The standard InChI is InChI=1S/C20H19N3S2/c1-2-3-7-15-18(14-9-10-24-12-14)22-20(21)23-19(15)17-11-13-6-4-5-8-16(13)25-17/h4-6,8-12H,2-3,7H2,1H3,(H2,21,22,23). The number of thiophene rings is 2. The highest BCUT2D eigenvalue weighted by Gasteiger charge is 2.18. The predicted molar refractivity (Wildman–Crippen MR) is 109 cm³/mol. The Kier molecular flexibility index (Phi) is 4.51. The van der Waals surface area contributed by atoms with Gasteiger partial charge in [0.1, 0.15) is 0 Å². The van der Waals surface area contributed by atoms with Gasteiger partial charge in [0.15, 0.2) is 0 Å². The molecule has 0 saturated heterocycles. The zero-order chi connectivity index (χ0) is 17.2. The van der Waals surface area contributed by atoms with Crippen LogP contribution in [0.5, 0.6) is 0 Å². The number of anilines is 1. The van der Waals surface area contributed by atoms with Crippen molar-refractivity contribution in [1.82, 2.24) is 9.97 Å². The largest absolute Gasteiger partial charge is 0.368 e. The van der Waals surface area contributed by atoms with E-state index in [1.807, 2.05) is 0 Å². The van der Waals surface area contributed by atoms with Crippen molar-refractivity contribution in [3.05, 3.63) is 52.7 Å². The van der Waals surface area contributed by atoms with Crippen LogP contribution >= 0.6 is 22.7 Å². The molecule has 3 aromatic heterocycles. The number of fused-ring (bicyclic) bond motifs is 1. The average Bonchev–Trinajstić information content (AvgIpc) is 3.29. The highest BCUT2D eigenvalue weighted by Crippen LogP contribution is 2.38. The Bertz CT molecular complexity index is 970. The van der Waals surface area contributed by atoms with Crippen LogP contribution in [0.25, 0.3) is 31.9 Å². The summed E-state index contributed by atoms with van der Waals surface area (Å²) >= 11 is 3.45. The van der Waals surface area contributed by atoms with Gasteiger partial charge in [-0.2, -0.15) is 11.3 Å². The quantitative estimate of drug-likeness (QED) is 0.471. The lowest BCUT2D eigenvalue weighted by atomic mass is 10.00. The molecule has 0 amide bonds. The highest BCUT2D eigenvalue weighted by atomic mass is 32.1. The van der Waals surface area contributed by atoms with E-state index < -0.39 is 0 Å². The van der Waals surface area contributed by atoms with E-state index >= 15 is 0 Å². The zero-order valence-electron chi connectivity index (χ0n) is 14.0. The maximum atomic E-state index is 6.08. The molecule has 1 aromatic carbocycles. The summed E-state index contributed by atoms with van der Waals surface area (Å²) in [5.74, 6) is 0.342. The Morgan fingerprint density at radius 3 is 2.68 bits per heavy atom. The van der Waals surface area contributed by atoms with E-state index in [-0.39, 0.29) is 0 Å². The number of nitrogen functional groups attached to an aromatic ring is 1. The molecule has 0 unspecified atom stereocenters. The molecular formula is C20H19N3S2. The van der Waals surface area contributed by atoms with E-state index in [9.17, 15) is 0 Å². The molecule has 2 N–H and O–H groups in total. The predicted octanol–water partition coefficient (Wildman–Crippen LogP) is 6.01. The van der Waals surface area contributed by atoms with Gasteiger partial charge in [-0.25, -0.2) is 9.97 Å². The van der Waals surface area contributed by atoms with E-state index in [2.05, 4.69) is 64.1 Å². The van der Waals surface area contributed by atoms with Gasteiger partial charge in [0.2, 0.25) is 5.95 Å². The van der Waals surface area contributed by atoms with Gasteiger partial charge in [-0.3, -0.25) is 0 Å². The monoisotopic (exact) mass is 365 g/mol. The summed E-state index contributed by atoms with van der Waals surface area (Å²) in [7, 11) is 0. The Morgan fingerprint density at radius 2 is 1.92 bits per heavy atom. The van der Waals surface area contributed by atoms with Gasteiger partial charge in [-0.15, -0.1) is 11.3 Å². The van der Waals surface area contributed by atoms with Crippen LogP contribution < -0.4 is 5.73 Å². The minimum atomic E-state index is 0.342. The number of nitrogens with two attached hydrogens (primary N) is 1. The summed E-state index contributed by atoms with van der Waals surface area (Å²) in [5, 5.41) is 5.46. The molecule has 25 heavy (non-hydrogen) atoms. The van der Waals surface area contributed by atoms with Gasteiger partial charge in [-0.1, -0.05) is 31.5 Å².